The van der Waals surface area contributed by atoms with Gasteiger partial charge in [0.1, 0.15) is 6.04 Å². The normalized spacial score (nSPS) is 17.2. The zero-order chi connectivity index (χ0) is 13.7. The molecule has 1 aromatic rings. The molecule has 2 rings (SSSR count). The second-order valence-corrected chi connectivity index (χ2v) is 4.74. The van der Waals surface area contributed by atoms with E-state index in [-0.39, 0.29) is 5.97 Å². The van der Waals surface area contributed by atoms with E-state index in [9.17, 15) is 4.79 Å². The minimum Gasteiger partial charge on any atom is -0.481 e. The highest BCUT2D eigenvalue weighted by Gasteiger charge is 2.26. The Morgan fingerprint density at radius 3 is 2.63 bits per heavy atom. The maximum absolute atomic E-state index is 11.9. The largest absolute Gasteiger partial charge is 0.481 e. The van der Waals surface area contributed by atoms with Gasteiger partial charge in [-0.05, 0) is 24.5 Å². The van der Waals surface area contributed by atoms with Gasteiger partial charge in [-0.25, -0.2) is 9.78 Å². The molecule has 0 aliphatic heterocycles. The minimum atomic E-state index is -0.452. The smallest absolute Gasteiger partial charge is 0.327 e. The van der Waals surface area contributed by atoms with E-state index >= 15 is 0 Å². The maximum atomic E-state index is 11.9. The number of esters is 1. The van der Waals surface area contributed by atoms with Gasteiger partial charge in [0.15, 0.2) is 0 Å². The lowest BCUT2D eigenvalue weighted by molar-refractivity contribution is -0.143. The first-order chi connectivity index (χ1) is 9.24. The maximum Gasteiger partial charge on any atom is 0.327 e. The summed E-state index contributed by atoms with van der Waals surface area (Å²) < 4.78 is 9.89. The van der Waals surface area contributed by atoms with Gasteiger partial charge in [-0.2, -0.15) is 0 Å². The molecule has 1 aromatic heterocycles. The molecule has 1 aliphatic rings. The summed E-state index contributed by atoms with van der Waals surface area (Å²) in [6, 6.07) is 3.52. The summed E-state index contributed by atoms with van der Waals surface area (Å²) in [4.78, 5) is 16.1. The Bertz CT molecular complexity index is 413. The van der Waals surface area contributed by atoms with E-state index in [2.05, 4.69) is 10.3 Å². The van der Waals surface area contributed by atoms with Gasteiger partial charge >= 0.3 is 5.97 Å². The molecular weight excluding hydrogens is 244 g/mol. The Morgan fingerprint density at radius 1 is 1.37 bits per heavy atom. The Morgan fingerprint density at radius 2 is 2.11 bits per heavy atom. The van der Waals surface area contributed by atoms with E-state index in [1.807, 2.05) is 6.07 Å². The first-order valence-electron chi connectivity index (χ1n) is 6.58. The molecule has 0 aromatic carbocycles. The Balaban J connectivity index is 2.12. The van der Waals surface area contributed by atoms with Crippen LogP contribution in [0.25, 0.3) is 0 Å². The lowest BCUT2D eigenvalue weighted by Crippen LogP contribution is -2.36. The van der Waals surface area contributed by atoms with Gasteiger partial charge in [0.05, 0.1) is 14.2 Å². The standard InChI is InChI=1S/C14H20N2O3/c1-18-12-8-7-10(9-15-12)13(14(17)19-2)16-11-5-3-4-6-11/h7-9,11,13,16H,3-6H2,1-2H3. The molecule has 19 heavy (non-hydrogen) atoms. The molecule has 5 nitrogen and oxygen atoms in total. The summed E-state index contributed by atoms with van der Waals surface area (Å²) in [5.74, 6) is 0.257. The summed E-state index contributed by atoms with van der Waals surface area (Å²) in [5.41, 5.74) is 0.805. The molecular formula is C14H20N2O3. The summed E-state index contributed by atoms with van der Waals surface area (Å²) in [6.45, 7) is 0. The predicted octanol–water partition coefficient (Wildman–Crippen LogP) is 1.84. The molecule has 1 saturated carbocycles. The lowest BCUT2D eigenvalue weighted by Gasteiger charge is -2.21. The van der Waals surface area contributed by atoms with Crippen LogP contribution in [0.5, 0.6) is 5.88 Å². The fourth-order valence-corrected chi connectivity index (χ4v) is 2.43. The molecule has 5 heteroatoms. The highest BCUT2D eigenvalue weighted by atomic mass is 16.5. The summed E-state index contributed by atoms with van der Waals surface area (Å²) >= 11 is 0. The summed E-state index contributed by atoms with van der Waals surface area (Å²) in [6.07, 6.45) is 6.30. The third-order valence-electron chi connectivity index (χ3n) is 3.50. The fraction of sp³-hybridized carbons (Fsp3) is 0.571. The van der Waals surface area contributed by atoms with Crippen LogP contribution in [-0.2, 0) is 9.53 Å². The van der Waals surface area contributed by atoms with Gasteiger partial charge in [0.2, 0.25) is 5.88 Å². The number of nitrogens with one attached hydrogen (secondary N) is 1. The van der Waals surface area contributed by atoms with Crippen molar-refractivity contribution in [2.45, 2.75) is 37.8 Å². The molecule has 0 bridgehead atoms. The number of ether oxygens (including phenoxy) is 2. The molecule has 1 fully saturated rings. The lowest BCUT2D eigenvalue weighted by atomic mass is 10.1. The molecule has 104 valence electrons. The van der Waals surface area contributed by atoms with Crippen molar-refractivity contribution in [3.05, 3.63) is 23.9 Å². The van der Waals surface area contributed by atoms with E-state index in [1.165, 1.54) is 20.0 Å². The molecule has 0 saturated heterocycles. The third-order valence-corrected chi connectivity index (χ3v) is 3.50. The number of aromatic nitrogens is 1. The Kier molecular flexibility index (Phi) is 4.74. The van der Waals surface area contributed by atoms with Crippen LogP contribution in [0.3, 0.4) is 0 Å². The first kappa shape index (κ1) is 13.8. The van der Waals surface area contributed by atoms with Crippen molar-refractivity contribution in [3.8, 4) is 5.88 Å². The number of methoxy groups -OCH3 is 2. The van der Waals surface area contributed by atoms with Crippen molar-refractivity contribution in [2.75, 3.05) is 14.2 Å². The number of rotatable bonds is 5. The summed E-state index contributed by atoms with van der Waals surface area (Å²) in [7, 11) is 2.97. The highest BCUT2D eigenvalue weighted by molar-refractivity contribution is 5.77. The van der Waals surface area contributed by atoms with E-state index in [0.29, 0.717) is 11.9 Å². The molecule has 1 heterocycles. The first-order valence-corrected chi connectivity index (χ1v) is 6.58. The van der Waals surface area contributed by atoms with Gasteiger partial charge in [0, 0.05) is 18.3 Å². The number of pyridine rings is 1. The average molecular weight is 264 g/mol. The number of carbonyl (C=O) groups is 1. The zero-order valence-electron chi connectivity index (χ0n) is 11.4. The van der Waals surface area contributed by atoms with Gasteiger partial charge < -0.3 is 9.47 Å². The van der Waals surface area contributed by atoms with E-state index in [1.54, 1.807) is 19.4 Å². The van der Waals surface area contributed by atoms with Crippen LogP contribution in [0.1, 0.15) is 37.3 Å². The fourth-order valence-electron chi connectivity index (χ4n) is 2.43. The topological polar surface area (TPSA) is 60.5 Å². The Hall–Kier alpha value is -1.62. The van der Waals surface area contributed by atoms with Crippen LogP contribution < -0.4 is 10.1 Å². The van der Waals surface area contributed by atoms with E-state index in [4.69, 9.17) is 9.47 Å². The van der Waals surface area contributed by atoms with Crippen molar-refractivity contribution in [3.63, 3.8) is 0 Å². The Labute approximate surface area is 113 Å². The van der Waals surface area contributed by atoms with Crippen molar-refractivity contribution >= 4 is 5.97 Å². The number of carbonyl (C=O) groups excluding carboxylic acids is 1. The average Bonchev–Trinajstić information content (AvgIpc) is 2.97. The van der Waals surface area contributed by atoms with Gasteiger partial charge in [-0.3, -0.25) is 5.32 Å². The summed E-state index contributed by atoms with van der Waals surface area (Å²) in [5, 5.41) is 3.37. The molecule has 1 aliphatic carbocycles. The van der Waals surface area contributed by atoms with E-state index < -0.39 is 6.04 Å². The van der Waals surface area contributed by atoms with Gasteiger partial charge in [-0.1, -0.05) is 12.8 Å². The van der Waals surface area contributed by atoms with Crippen LogP contribution in [0.15, 0.2) is 18.3 Å². The van der Waals surface area contributed by atoms with Crippen LogP contribution in [0.2, 0.25) is 0 Å². The van der Waals surface area contributed by atoms with E-state index in [0.717, 1.165) is 18.4 Å². The van der Waals surface area contributed by atoms with Crippen molar-refractivity contribution in [2.24, 2.45) is 0 Å². The predicted molar refractivity (Wildman–Crippen MR) is 70.9 cm³/mol. The highest BCUT2D eigenvalue weighted by Crippen LogP contribution is 2.23. The second kappa shape index (κ2) is 6.52. The van der Waals surface area contributed by atoms with Crippen LogP contribution in [0.4, 0.5) is 0 Å². The van der Waals surface area contributed by atoms with Gasteiger partial charge in [0.25, 0.3) is 0 Å². The van der Waals surface area contributed by atoms with Crippen LogP contribution in [0, 0.1) is 0 Å². The zero-order valence-corrected chi connectivity index (χ0v) is 11.4. The van der Waals surface area contributed by atoms with Crippen molar-refractivity contribution < 1.29 is 14.3 Å². The molecule has 0 spiro atoms. The molecule has 1 atom stereocenters. The van der Waals surface area contributed by atoms with Gasteiger partial charge in [-0.15, -0.1) is 0 Å². The molecule has 0 amide bonds. The SMILES string of the molecule is COC(=O)C(NC1CCCC1)c1ccc(OC)nc1. The molecule has 1 unspecified atom stereocenters. The van der Waals surface area contributed by atoms with Crippen molar-refractivity contribution in [1.82, 2.24) is 10.3 Å². The third kappa shape index (κ3) is 3.44. The monoisotopic (exact) mass is 264 g/mol. The van der Waals surface area contributed by atoms with Crippen molar-refractivity contribution in [1.29, 1.82) is 0 Å². The second-order valence-electron chi connectivity index (χ2n) is 4.74. The minimum absolute atomic E-state index is 0.279. The quantitative estimate of drug-likeness (QED) is 0.822. The number of nitrogens with zero attached hydrogens (tertiary/aromatic N) is 1. The van der Waals surface area contributed by atoms with Crippen LogP contribution in [-0.4, -0.2) is 31.2 Å². The van der Waals surface area contributed by atoms with Crippen LogP contribution >= 0.6 is 0 Å². The molecule has 1 N–H and O–H groups in total. The number of hydrogen-bond acceptors (Lipinski definition) is 5. The number of hydrogen-bond donors (Lipinski definition) is 1. The molecule has 0 radical (unpaired) electrons.